The van der Waals surface area contributed by atoms with Crippen LogP contribution in [0.15, 0.2) is 24.8 Å². The van der Waals surface area contributed by atoms with Gasteiger partial charge in [-0.15, -0.1) is 6.58 Å². The molecule has 1 aliphatic heterocycles. The van der Waals surface area contributed by atoms with Crippen molar-refractivity contribution in [1.29, 1.82) is 0 Å². The van der Waals surface area contributed by atoms with E-state index in [1.54, 1.807) is 12.1 Å². The van der Waals surface area contributed by atoms with Gasteiger partial charge >= 0.3 is 0 Å². The smallest absolute Gasteiger partial charge is 0.200 e. The summed E-state index contributed by atoms with van der Waals surface area (Å²) < 4.78 is 40.9. The molecule has 2 unspecified atom stereocenters. The Balaban J connectivity index is 1.13. The third-order valence-electron chi connectivity index (χ3n) is 9.77. The molecule has 0 spiro atoms. The van der Waals surface area contributed by atoms with Gasteiger partial charge in [0.1, 0.15) is 0 Å². The van der Waals surface area contributed by atoms with E-state index in [0.29, 0.717) is 18.8 Å². The quantitative estimate of drug-likeness (QED) is 0.203. The van der Waals surface area contributed by atoms with E-state index in [1.165, 1.54) is 70.6 Å². The van der Waals surface area contributed by atoms with Gasteiger partial charge in [-0.2, -0.15) is 4.39 Å². The van der Waals surface area contributed by atoms with Crippen LogP contribution in [-0.4, -0.2) is 19.3 Å². The van der Waals surface area contributed by atoms with E-state index in [1.807, 2.05) is 6.92 Å². The zero-order valence-electron chi connectivity index (χ0n) is 23.2. The molecule has 0 bridgehead atoms. The van der Waals surface area contributed by atoms with Crippen LogP contribution in [0.2, 0.25) is 0 Å². The van der Waals surface area contributed by atoms with Crippen LogP contribution in [0.3, 0.4) is 0 Å². The minimum Gasteiger partial charge on any atom is -0.490 e. The Labute approximate surface area is 224 Å². The average Bonchev–Trinajstić information content (AvgIpc) is 2.94. The molecule has 2 atom stereocenters. The van der Waals surface area contributed by atoms with Crippen molar-refractivity contribution in [2.24, 2.45) is 23.7 Å². The molecular formula is C33H50F2O2. The maximum Gasteiger partial charge on any atom is 0.200 e. The van der Waals surface area contributed by atoms with E-state index < -0.39 is 11.6 Å². The minimum atomic E-state index is -0.855. The molecule has 2 aliphatic carbocycles. The lowest BCUT2D eigenvalue weighted by molar-refractivity contribution is -0.00638. The summed E-state index contributed by atoms with van der Waals surface area (Å²) in [4.78, 5) is 0. The SMILES string of the molecule is C=CCCC1CCC(C2CCC(CCC3CCC(c4ccc(OCCCC)c(F)c4F)CO3)CC2)CC1. The molecule has 0 radical (unpaired) electrons. The van der Waals surface area contributed by atoms with Crippen LogP contribution in [0.4, 0.5) is 8.78 Å². The molecule has 0 amide bonds. The molecule has 3 aliphatic rings. The van der Waals surface area contributed by atoms with E-state index in [0.717, 1.165) is 55.8 Å². The van der Waals surface area contributed by atoms with Crippen LogP contribution >= 0.6 is 0 Å². The third-order valence-corrected chi connectivity index (χ3v) is 9.77. The van der Waals surface area contributed by atoms with Crippen molar-refractivity contribution >= 4 is 0 Å². The molecule has 208 valence electrons. The molecule has 2 saturated carbocycles. The molecule has 0 aromatic heterocycles. The maximum absolute atomic E-state index is 14.8. The van der Waals surface area contributed by atoms with Crippen molar-refractivity contribution in [3.8, 4) is 5.75 Å². The second kappa shape index (κ2) is 14.7. The highest BCUT2D eigenvalue weighted by Gasteiger charge is 2.32. The first-order valence-electron chi connectivity index (χ1n) is 15.4. The summed E-state index contributed by atoms with van der Waals surface area (Å²) in [7, 11) is 0. The highest BCUT2D eigenvalue weighted by atomic mass is 19.2. The topological polar surface area (TPSA) is 18.5 Å². The molecule has 4 rings (SSSR count). The molecule has 1 aromatic carbocycles. The molecule has 1 aromatic rings. The average molecular weight is 517 g/mol. The van der Waals surface area contributed by atoms with Crippen LogP contribution in [0.25, 0.3) is 0 Å². The Morgan fingerprint density at radius 3 is 2.14 bits per heavy atom. The van der Waals surface area contributed by atoms with Crippen molar-refractivity contribution < 1.29 is 18.3 Å². The van der Waals surface area contributed by atoms with Crippen LogP contribution in [0.1, 0.15) is 121 Å². The molecule has 1 saturated heterocycles. The molecule has 4 heteroatoms. The Morgan fingerprint density at radius 1 is 0.865 bits per heavy atom. The number of hydrogen-bond acceptors (Lipinski definition) is 2. The van der Waals surface area contributed by atoms with Crippen molar-refractivity contribution in [2.45, 2.75) is 122 Å². The van der Waals surface area contributed by atoms with Crippen molar-refractivity contribution in [3.05, 3.63) is 42.0 Å². The number of hydrogen-bond donors (Lipinski definition) is 0. The van der Waals surface area contributed by atoms with E-state index in [4.69, 9.17) is 9.47 Å². The second-order valence-corrected chi connectivity index (χ2v) is 12.2. The maximum atomic E-state index is 14.8. The number of allylic oxidation sites excluding steroid dienone is 1. The fourth-order valence-corrected chi connectivity index (χ4v) is 7.25. The molecule has 37 heavy (non-hydrogen) atoms. The number of benzene rings is 1. The molecule has 1 heterocycles. The van der Waals surface area contributed by atoms with Gasteiger partial charge in [0.2, 0.25) is 5.82 Å². The van der Waals surface area contributed by atoms with Gasteiger partial charge in [0.05, 0.1) is 19.3 Å². The number of halogens is 2. The Bertz CT molecular complexity index is 816. The summed E-state index contributed by atoms with van der Waals surface area (Å²) >= 11 is 0. The third kappa shape index (κ3) is 8.04. The summed E-state index contributed by atoms with van der Waals surface area (Å²) in [6.45, 7) is 6.83. The monoisotopic (exact) mass is 516 g/mol. The number of unbranched alkanes of at least 4 members (excludes halogenated alkanes) is 1. The van der Waals surface area contributed by atoms with Crippen molar-refractivity contribution in [3.63, 3.8) is 0 Å². The zero-order valence-corrected chi connectivity index (χ0v) is 23.2. The van der Waals surface area contributed by atoms with Gasteiger partial charge in [0.25, 0.3) is 0 Å². The highest BCUT2D eigenvalue weighted by molar-refractivity contribution is 5.33. The Hall–Kier alpha value is -1.42. The largest absolute Gasteiger partial charge is 0.490 e. The summed E-state index contributed by atoms with van der Waals surface area (Å²) in [6.07, 6.45) is 22.2. The summed E-state index contributed by atoms with van der Waals surface area (Å²) in [5, 5.41) is 0. The normalized spacial score (nSPS) is 30.7. The van der Waals surface area contributed by atoms with Gasteiger partial charge in [-0.05, 0) is 106 Å². The van der Waals surface area contributed by atoms with Gasteiger partial charge in [-0.3, -0.25) is 0 Å². The first-order valence-corrected chi connectivity index (χ1v) is 15.4. The van der Waals surface area contributed by atoms with Gasteiger partial charge in [0.15, 0.2) is 11.6 Å². The Kier molecular flexibility index (Phi) is 11.3. The predicted molar refractivity (Wildman–Crippen MR) is 148 cm³/mol. The van der Waals surface area contributed by atoms with Gasteiger partial charge in [-0.1, -0.05) is 51.2 Å². The molecule has 2 nitrogen and oxygen atoms in total. The lowest BCUT2D eigenvalue weighted by Crippen LogP contribution is -2.28. The first kappa shape index (κ1) is 28.6. The molecule has 0 N–H and O–H groups in total. The van der Waals surface area contributed by atoms with Gasteiger partial charge < -0.3 is 9.47 Å². The van der Waals surface area contributed by atoms with E-state index in [2.05, 4.69) is 12.7 Å². The Morgan fingerprint density at radius 2 is 1.54 bits per heavy atom. The minimum absolute atomic E-state index is 0.0234. The van der Waals surface area contributed by atoms with Crippen molar-refractivity contribution in [2.75, 3.05) is 13.2 Å². The summed E-state index contributed by atoms with van der Waals surface area (Å²) in [5.74, 6) is 2.06. The van der Waals surface area contributed by atoms with Crippen molar-refractivity contribution in [1.82, 2.24) is 0 Å². The lowest BCUT2D eigenvalue weighted by atomic mass is 9.68. The highest BCUT2D eigenvalue weighted by Crippen LogP contribution is 2.43. The summed E-state index contributed by atoms with van der Waals surface area (Å²) in [6, 6.07) is 3.28. The lowest BCUT2D eigenvalue weighted by Gasteiger charge is -2.38. The van der Waals surface area contributed by atoms with E-state index in [-0.39, 0.29) is 17.8 Å². The molecular weight excluding hydrogens is 466 g/mol. The van der Waals surface area contributed by atoms with Crippen LogP contribution < -0.4 is 4.74 Å². The van der Waals surface area contributed by atoms with E-state index in [9.17, 15) is 8.78 Å². The van der Waals surface area contributed by atoms with Gasteiger partial charge in [-0.25, -0.2) is 4.39 Å². The van der Waals surface area contributed by atoms with Crippen LogP contribution in [0, 0.1) is 35.3 Å². The number of ether oxygens (including phenoxy) is 2. The first-order chi connectivity index (χ1) is 18.1. The molecule has 3 fully saturated rings. The fraction of sp³-hybridized carbons (Fsp3) is 0.758. The summed E-state index contributed by atoms with van der Waals surface area (Å²) in [5.41, 5.74) is 0.437. The van der Waals surface area contributed by atoms with Crippen LogP contribution in [0.5, 0.6) is 5.75 Å². The second-order valence-electron chi connectivity index (χ2n) is 12.2. The predicted octanol–water partition coefficient (Wildman–Crippen LogP) is 9.77. The number of rotatable bonds is 12. The fourth-order valence-electron chi connectivity index (χ4n) is 7.25. The zero-order chi connectivity index (χ0) is 26.0. The van der Waals surface area contributed by atoms with Gasteiger partial charge in [0, 0.05) is 5.92 Å². The standard InChI is InChI=1S/C33H50F2O2/c1-3-5-7-24-8-13-26(14-9-24)27-15-10-25(11-16-27)12-18-29-19-17-28(23-37-29)30-20-21-31(33(35)32(30)34)36-22-6-4-2/h3,20-21,24-29H,1,4-19,22-23H2,2H3. The van der Waals surface area contributed by atoms with E-state index >= 15 is 0 Å². The van der Waals surface area contributed by atoms with Crippen LogP contribution in [-0.2, 0) is 4.74 Å².